The standard InChI is InChI=1S/C13H11N2O/c1-2-7-15(8-3-1)9-11-5-4-6-13-12(11)10-16-14-13/h1-8,10H,9H2/q+1. The number of hydrogen-bond acceptors (Lipinski definition) is 2. The lowest BCUT2D eigenvalue weighted by Crippen LogP contribution is -2.32. The summed E-state index contributed by atoms with van der Waals surface area (Å²) >= 11 is 0. The molecule has 0 saturated carbocycles. The lowest BCUT2D eigenvalue weighted by atomic mass is 10.1. The normalized spacial score (nSPS) is 10.8. The van der Waals surface area contributed by atoms with E-state index in [9.17, 15) is 0 Å². The van der Waals surface area contributed by atoms with E-state index in [0.29, 0.717) is 0 Å². The van der Waals surface area contributed by atoms with Gasteiger partial charge in [-0.05, 0) is 6.07 Å². The van der Waals surface area contributed by atoms with Crippen LogP contribution in [0, 0.1) is 0 Å². The smallest absolute Gasteiger partial charge is 0.174 e. The molecule has 16 heavy (non-hydrogen) atoms. The van der Waals surface area contributed by atoms with Crippen LogP contribution >= 0.6 is 0 Å². The number of aromatic nitrogens is 2. The van der Waals surface area contributed by atoms with Crippen molar-refractivity contribution in [2.75, 3.05) is 0 Å². The third-order valence-corrected chi connectivity index (χ3v) is 2.63. The minimum atomic E-state index is 0.833. The third kappa shape index (κ3) is 1.56. The fourth-order valence-electron chi connectivity index (χ4n) is 1.83. The van der Waals surface area contributed by atoms with Gasteiger partial charge in [-0.2, -0.15) is 0 Å². The highest BCUT2D eigenvalue weighted by atomic mass is 16.5. The molecule has 3 aromatic rings. The Balaban J connectivity index is 2.04. The van der Waals surface area contributed by atoms with Crippen molar-refractivity contribution < 1.29 is 9.09 Å². The Hall–Kier alpha value is -2.16. The number of benzene rings is 1. The number of pyridine rings is 1. The van der Waals surface area contributed by atoms with Gasteiger partial charge in [0.2, 0.25) is 0 Å². The van der Waals surface area contributed by atoms with Crippen molar-refractivity contribution >= 4 is 10.9 Å². The van der Waals surface area contributed by atoms with E-state index >= 15 is 0 Å². The van der Waals surface area contributed by atoms with Crippen molar-refractivity contribution in [3.05, 3.63) is 60.6 Å². The van der Waals surface area contributed by atoms with Gasteiger partial charge in [-0.1, -0.05) is 23.4 Å². The summed E-state index contributed by atoms with van der Waals surface area (Å²) in [5, 5.41) is 5.02. The molecule has 0 aliphatic heterocycles. The maximum absolute atomic E-state index is 4.98. The van der Waals surface area contributed by atoms with E-state index in [0.717, 1.165) is 17.4 Å². The monoisotopic (exact) mass is 211 g/mol. The SMILES string of the molecule is c1cc[n+](Cc2cccc3nocc23)cc1. The van der Waals surface area contributed by atoms with Gasteiger partial charge >= 0.3 is 0 Å². The molecule has 0 amide bonds. The minimum absolute atomic E-state index is 0.833. The van der Waals surface area contributed by atoms with Crippen LogP contribution in [0.5, 0.6) is 0 Å². The van der Waals surface area contributed by atoms with Crippen molar-refractivity contribution in [1.82, 2.24) is 5.16 Å². The summed E-state index contributed by atoms with van der Waals surface area (Å²) in [4.78, 5) is 0. The molecule has 0 aliphatic carbocycles. The molecular formula is C13H11N2O+. The Bertz CT molecular complexity index is 601. The van der Waals surface area contributed by atoms with Gasteiger partial charge in [-0.3, -0.25) is 0 Å². The highest BCUT2D eigenvalue weighted by molar-refractivity contribution is 5.80. The first-order chi connectivity index (χ1) is 7.93. The molecule has 3 heteroatoms. The summed E-state index contributed by atoms with van der Waals surface area (Å²) in [5.41, 5.74) is 2.13. The molecule has 0 radical (unpaired) electrons. The lowest BCUT2D eigenvalue weighted by Gasteiger charge is -1.97. The number of hydrogen-bond donors (Lipinski definition) is 0. The topological polar surface area (TPSA) is 29.9 Å². The van der Waals surface area contributed by atoms with Crippen molar-refractivity contribution in [3.63, 3.8) is 0 Å². The van der Waals surface area contributed by atoms with Gasteiger partial charge in [0.1, 0.15) is 11.8 Å². The van der Waals surface area contributed by atoms with Crippen LogP contribution < -0.4 is 4.57 Å². The number of nitrogens with zero attached hydrogens (tertiary/aromatic N) is 2. The van der Waals surface area contributed by atoms with Gasteiger partial charge in [0.15, 0.2) is 18.9 Å². The Kier molecular flexibility index (Phi) is 2.14. The van der Waals surface area contributed by atoms with Crippen molar-refractivity contribution in [2.45, 2.75) is 6.54 Å². The molecule has 0 aliphatic rings. The van der Waals surface area contributed by atoms with Crippen LogP contribution in [0.2, 0.25) is 0 Å². The van der Waals surface area contributed by atoms with E-state index in [2.05, 4.69) is 15.8 Å². The minimum Gasteiger partial charge on any atom is -0.363 e. The highest BCUT2D eigenvalue weighted by Gasteiger charge is 2.08. The molecule has 2 heterocycles. The predicted octanol–water partition coefficient (Wildman–Crippen LogP) is 2.16. The van der Waals surface area contributed by atoms with Gasteiger partial charge < -0.3 is 4.52 Å². The molecule has 0 bridgehead atoms. The molecule has 0 saturated heterocycles. The maximum Gasteiger partial charge on any atom is 0.174 e. The summed E-state index contributed by atoms with van der Waals surface area (Å²) in [6.07, 6.45) is 5.80. The first kappa shape index (κ1) is 9.09. The average Bonchev–Trinajstić information content (AvgIpc) is 2.80. The zero-order valence-corrected chi connectivity index (χ0v) is 8.71. The highest BCUT2D eigenvalue weighted by Crippen LogP contribution is 2.16. The molecule has 0 atom stereocenters. The van der Waals surface area contributed by atoms with Gasteiger partial charge in [0, 0.05) is 17.7 Å². The quantitative estimate of drug-likeness (QED) is 0.608. The van der Waals surface area contributed by atoms with Crippen molar-refractivity contribution in [1.29, 1.82) is 0 Å². The zero-order chi connectivity index (χ0) is 10.8. The second-order valence-electron chi connectivity index (χ2n) is 3.71. The van der Waals surface area contributed by atoms with Gasteiger partial charge in [0.05, 0.1) is 5.39 Å². The van der Waals surface area contributed by atoms with E-state index < -0.39 is 0 Å². The molecular weight excluding hydrogens is 200 g/mol. The van der Waals surface area contributed by atoms with Crippen molar-refractivity contribution in [3.8, 4) is 0 Å². The largest absolute Gasteiger partial charge is 0.363 e. The molecule has 2 aromatic heterocycles. The fourth-order valence-corrected chi connectivity index (χ4v) is 1.83. The van der Waals surface area contributed by atoms with Gasteiger partial charge in [0.25, 0.3) is 0 Å². The van der Waals surface area contributed by atoms with Crippen molar-refractivity contribution in [2.24, 2.45) is 0 Å². The summed E-state index contributed by atoms with van der Waals surface area (Å²) < 4.78 is 7.11. The van der Waals surface area contributed by atoms with Crippen LogP contribution in [-0.2, 0) is 6.54 Å². The Labute approximate surface area is 92.9 Å². The molecule has 0 N–H and O–H groups in total. The Morgan fingerprint density at radius 1 is 1.06 bits per heavy atom. The number of rotatable bonds is 2. The summed E-state index contributed by atoms with van der Waals surface area (Å²) in [5.74, 6) is 0. The Morgan fingerprint density at radius 3 is 2.81 bits per heavy atom. The molecule has 0 spiro atoms. The Morgan fingerprint density at radius 2 is 1.94 bits per heavy atom. The van der Waals surface area contributed by atoms with E-state index in [1.807, 2.05) is 42.7 Å². The molecule has 0 fully saturated rings. The zero-order valence-electron chi connectivity index (χ0n) is 8.71. The molecule has 3 rings (SSSR count). The van der Waals surface area contributed by atoms with E-state index in [4.69, 9.17) is 4.52 Å². The van der Waals surface area contributed by atoms with Gasteiger partial charge in [-0.25, -0.2) is 4.57 Å². The van der Waals surface area contributed by atoms with Crippen LogP contribution in [-0.4, -0.2) is 5.16 Å². The van der Waals surface area contributed by atoms with Gasteiger partial charge in [-0.15, -0.1) is 0 Å². The molecule has 3 nitrogen and oxygen atoms in total. The second kappa shape index (κ2) is 3.77. The van der Waals surface area contributed by atoms with E-state index in [1.54, 1.807) is 6.26 Å². The molecule has 78 valence electrons. The fraction of sp³-hybridized carbons (Fsp3) is 0.0769. The van der Waals surface area contributed by atoms with Crippen LogP contribution in [0.25, 0.3) is 10.9 Å². The molecule has 0 unspecified atom stereocenters. The maximum atomic E-state index is 4.98. The second-order valence-corrected chi connectivity index (χ2v) is 3.71. The first-order valence-electron chi connectivity index (χ1n) is 5.19. The van der Waals surface area contributed by atoms with E-state index in [-0.39, 0.29) is 0 Å². The van der Waals surface area contributed by atoms with Crippen LogP contribution in [0.1, 0.15) is 5.56 Å². The van der Waals surface area contributed by atoms with Crippen LogP contribution in [0.4, 0.5) is 0 Å². The van der Waals surface area contributed by atoms with E-state index in [1.165, 1.54) is 5.56 Å². The lowest BCUT2D eigenvalue weighted by molar-refractivity contribution is -0.688. The van der Waals surface area contributed by atoms with Crippen LogP contribution in [0.15, 0.2) is 59.6 Å². The summed E-state index contributed by atoms with van der Waals surface area (Å²) in [7, 11) is 0. The summed E-state index contributed by atoms with van der Waals surface area (Å²) in [6.45, 7) is 0.833. The third-order valence-electron chi connectivity index (χ3n) is 2.63. The average molecular weight is 211 g/mol. The summed E-state index contributed by atoms with van der Waals surface area (Å²) in [6, 6.07) is 12.1. The number of fused-ring (bicyclic) bond motifs is 1. The van der Waals surface area contributed by atoms with Crippen LogP contribution in [0.3, 0.4) is 0 Å². The first-order valence-corrected chi connectivity index (χ1v) is 5.19. The predicted molar refractivity (Wildman–Crippen MR) is 59.7 cm³/mol. The molecule has 1 aromatic carbocycles.